The summed E-state index contributed by atoms with van der Waals surface area (Å²) in [5, 5.41) is 10.0. The maximum Gasteiger partial charge on any atom is 0.160 e. The lowest BCUT2D eigenvalue weighted by molar-refractivity contribution is -0.122. The van der Waals surface area contributed by atoms with E-state index in [4.69, 9.17) is 4.74 Å². The Labute approximate surface area is 121 Å². The average molecular weight is 276 g/mol. The van der Waals surface area contributed by atoms with Crippen LogP contribution in [0.5, 0.6) is 11.5 Å². The molecule has 1 N–H and O–H groups in total. The lowest BCUT2D eigenvalue weighted by Gasteiger charge is -2.28. The Morgan fingerprint density at radius 2 is 2.15 bits per heavy atom. The van der Waals surface area contributed by atoms with E-state index in [-0.39, 0.29) is 5.75 Å². The molecule has 2 atom stereocenters. The summed E-state index contributed by atoms with van der Waals surface area (Å²) >= 11 is 0. The van der Waals surface area contributed by atoms with E-state index in [1.54, 1.807) is 7.11 Å². The van der Waals surface area contributed by atoms with Crippen LogP contribution in [0.4, 0.5) is 0 Å². The van der Waals surface area contributed by atoms with E-state index in [0.717, 1.165) is 37.7 Å². The zero-order chi connectivity index (χ0) is 14.7. The quantitative estimate of drug-likeness (QED) is 0.913. The second kappa shape index (κ2) is 6.29. The number of aryl methyl sites for hydroxylation is 1. The highest BCUT2D eigenvalue weighted by Crippen LogP contribution is 2.35. The highest BCUT2D eigenvalue weighted by molar-refractivity contribution is 5.79. The molecular formula is C17H24O3. The van der Waals surface area contributed by atoms with E-state index in [9.17, 15) is 9.90 Å². The van der Waals surface area contributed by atoms with Crippen LogP contribution < -0.4 is 4.74 Å². The molecule has 0 bridgehead atoms. The summed E-state index contributed by atoms with van der Waals surface area (Å²) in [7, 11) is 1.56. The molecule has 110 valence electrons. The monoisotopic (exact) mass is 276 g/mol. The van der Waals surface area contributed by atoms with E-state index in [1.807, 2.05) is 19.1 Å². The molecule has 3 nitrogen and oxygen atoms in total. The minimum atomic E-state index is 0.247. The van der Waals surface area contributed by atoms with Crippen molar-refractivity contribution in [3.63, 3.8) is 0 Å². The van der Waals surface area contributed by atoms with Crippen LogP contribution in [0.1, 0.15) is 43.7 Å². The van der Waals surface area contributed by atoms with Crippen molar-refractivity contribution >= 4 is 5.78 Å². The Morgan fingerprint density at radius 3 is 2.80 bits per heavy atom. The van der Waals surface area contributed by atoms with Gasteiger partial charge < -0.3 is 9.84 Å². The highest BCUT2D eigenvalue weighted by atomic mass is 16.5. The van der Waals surface area contributed by atoms with Gasteiger partial charge >= 0.3 is 0 Å². The van der Waals surface area contributed by atoms with Crippen LogP contribution in [0, 0.1) is 18.8 Å². The molecule has 2 unspecified atom stereocenters. The van der Waals surface area contributed by atoms with E-state index >= 15 is 0 Å². The van der Waals surface area contributed by atoms with Crippen LogP contribution in [-0.4, -0.2) is 18.0 Å². The minimum Gasteiger partial charge on any atom is -0.504 e. The van der Waals surface area contributed by atoms with Crippen molar-refractivity contribution in [3.05, 3.63) is 23.3 Å². The van der Waals surface area contributed by atoms with Gasteiger partial charge in [-0.15, -0.1) is 0 Å². The maximum absolute atomic E-state index is 11.4. The molecule has 0 amide bonds. The third-order valence-corrected chi connectivity index (χ3v) is 4.66. The summed E-state index contributed by atoms with van der Waals surface area (Å²) < 4.78 is 5.12. The van der Waals surface area contributed by atoms with Crippen LogP contribution in [0.2, 0.25) is 0 Å². The number of phenolic OH excluding ortho intramolecular Hbond substituents is 1. The number of hydrogen-bond acceptors (Lipinski definition) is 3. The zero-order valence-electron chi connectivity index (χ0n) is 12.6. The fraction of sp³-hybridized carbons (Fsp3) is 0.588. The number of ketones is 1. The predicted molar refractivity (Wildman–Crippen MR) is 79.2 cm³/mol. The lowest BCUT2D eigenvalue weighted by Crippen LogP contribution is -2.23. The van der Waals surface area contributed by atoms with Gasteiger partial charge in [-0.1, -0.05) is 13.0 Å². The van der Waals surface area contributed by atoms with Gasteiger partial charge in [-0.3, -0.25) is 4.79 Å². The molecule has 0 radical (unpaired) electrons. The fourth-order valence-corrected chi connectivity index (χ4v) is 3.18. The first-order valence-electron chi connectivity index (χ1n) is 7.40. The number of phenols is 1. The topological polar surface area (TPSA) is 46.5 Å². The summed E-state index contributed by atoms with van der Waals surface area (Å²) in [6, 6.07) is 3.86. The van der Waals surface area contributed by atoms with Gasteiger partial charge in [-0.05, 0) is 55.2 Å². The summed E-state index contributed by atoms with van der Waals surface area (Å²) in [6.45, 7) is 4.11. The summed E-state index contributed by atoms with van der Waals surface area (Å²) in [4.78, 5) is 11.4. The Morgan fingerprint density at radius 1 is 1.40 bits per heavy atom. The molecule has 2 rings (SSSR count). The van der Waals surface area contributed by atoms with Gasteiger partial charge in [-0.25, -0.2) is 0 Å². The van der Waals surface area contributed by atoms with Crippen molar-refractivity contribution in [1.29, 1.82) is 0 Å². The maximum atomic E-state index is 11.4. The molecule has 3 heteroatoms. The Bertz CT molecular complexity index is 493. The third kappa shape index (κ3) is 3.14. The molecule has 0 aromatic heterocycles. The molecule has 0 spiro atoms. The van der Waals surface area contributed by atoms with Crippen LogP contribution in [0.3, 0.4) is 0 Å². The molecule has 1 aromatic rings. The zero-order valence-corrected chi connectivity index (χ0v) is 12.6. The van der Waals surface area contributed by atoms with Gasteiger partial charge in [0.15, 0.2) is 11.5 Å². The standard InChI is InChI=1S/C17H24O3/c1-11-10-15(18)8-6-13(11)4-5-14-7-9-16(20-3)17(19)12(14)2/h7,9,11,13,19H,4-6,8,10H2,1-3H3. The van der Waals surface area contributed by atoms with Gasteiger partial charge in [0.1, 0.15) is 5.78 Å². The van der Waals surface area contributed by atoms with Crippen LogP contribution in [0.25, 0.3) is 0 Å². The Kier molecular flexibility index (Phi) is 4.69. The fourth-order valence-electron chi connectivity index (χ4n) is 3.18. The van der Waals surface area contributed by atoms with Crippen molar-refractivity contribution in [2.75, 3.05) is 7.11 Å². The van der Waals surface area contributed by atoms with Gasteiger partial charge in [-0.2, -0.15) is 0 Å². The first kappa shape index (κ1) is 14.9. The van der Waals surface area contributed by atoms with Crippen LogP contribution >= 0.6 is 0 Å². The molecule has 0 heterocycles. The van der Waals surface area contributed by atoms with Crippen molar-refractivity contribution in [3.8, 4) is 11.5 Å². The summed E-state index contributed by atoms with van der Waals surface area (Å²) in [6.07, 6.45) is 4.52. The number of ether oxygens (including phenoxy) is 1. The first-order valence-corrected chi connectivity index (χ1v) is 7.40. The van der Waals surface area contributed by atoms with E-state index in [1.165, 1.54) is 5.56 Å². The summed E-state index contributed by atoms with van der Waals surface area (Å²) in [5.74, 6) is 2.30. The highest BCUT2D eigenvalue weighted by Gasteiger charge is 2.25. The number of methoxy groups -OCH3 is 1. The minimum absolute atomic E-state index is 0.247. The predicted octanol–water partition coefficient (Wildman–Crippen LogP) is 3.65. The largest absolute Gasteiger partial charge is 0.504 e. The molecule has 1 saturated carbocycles. The molecule has 1 aliphatic carbocycles. The Balaban J connectivity index is 2.01. The van der Waals surface area contributed by atoms with Crippen molar-refractivity contribution in [1.82, 2.24) is 0 Å². The van der Waals surface area contributed by atoms with Crippen molar-refractivity contribution in [2.24, 2.45) is 11.8 Å². The van der Waals surface area contributed by atoms with Gasteiger partial charge in [0.2, 0.25) is 0 Å². The number of Topliss-reactive ketones (excluding diaryl/α,β-unsaturated/α-hetero) is 1. The molecule has 0 aliphatic heterocycles. The van der Waals surface area contributed by atoms with Gasteiger partial charge in [0.25, 0.3) is 0 Å². The average Bonchev–Trinajstić information content (AvgIpc) is 2.42. The number of rotatable bonds is 4. The third-order valence-electron chi connectivity index (χ3n) is 4.66. The Hall–Kier alpha value is -1.51. The molecule has 0 saturated heterocycles. The molecule has 20 heavy (non-hydrogen) atoms. The van der Waals surface area contributed by atoms with Crippen LogP contribution in [0.15, 0.2) is 12.1 Å². The van der Waals surface area contributed by atoms with E-state index < -0.39 is 0 Å². The van der Waals surface area contributed by atoms with Crippen LogP contribution in [-0.2, 0) is 11.2 Å². The molecule has 1 fully saturated rings. The van der Waals surface area contributed by atoms with E-state index in [0.29, 0.717) is 23.4 Å². The van der Waals surface area contributed by atoms with E-state index in [2.05, 4.69) is 6.92 Å². The molecule has 1 aliphatic rings. The van der Waals surface area contributed by atoms with Gasteiger partial charge in [0, 0.05) is 12.8 Å². The second-order valence-electron chi connectivity index (χ2n) is 5.96. The SMILES string of the molecule is COc1ccc(CCC2CCC(=O)CC2C)c(C)c1O. The lowest BCUT2D eigenvalue weighted by atomic mass is 9.77. The molecular weight excluding hydrogens is 252 g/mol. The molecule has 1 aromatic carbocycles. The second-order valence-corrected chi connectivity index (χ2v) is 5.96. The van der Waals surface area contributed by atoms with Crippen molar-refractivity contribution < 1.29 is 14.6 Å². The number of carbonyl (C=O) groups excluding carboxylic acids is 1. The normalized spacial score (nSPS) is 22.9. The first-order chi connectivity index (χ1) is 9.52. The number of benzene rings is 1. The van der Waals surface area contributed by atoms with Crippen molar-refractivity contribution in [2.45, 2.75) is 46.0 Å². The number of hydrogen-bond donors (Lipinski definition) is 1. The summed E-state index contributed by atoms with van der Waals surface area (Å²) in [5.41, 5.74) is 2.08. The van der Waals surface area contributed by atoms with Gasteiger partial charge in [0.05, 0.1) is 7.11 Å². The number of carbonyl (C=O) groups is 1. The smallest absolute Gasteiger partial charge is 0.160 e. The number of aromatic hydroxyl groups is 1.